The molecule has 0 spiro atoms. The molecule has 2 heteroatoms. The van der Waals surface area contributed by atoms with Gasteiger partial charge in [0.25, 0.3) is 0 Å². The fraction of sp³-hybridized carbons (Fsp3) is 0.600. The summed E-state index contributed by atoms with van der Waals surface area (Å²) in [5.41, 5.74) is 1.02. The zero-order valence-corrected chi connectivity index (χ0v) is 11.1. The molecule has 0 amide bonds. The summed E-state index contributed by atoms with van der Waals surface area (Å²) in [5, 5.41) is 19.0. The molecule has 0 fully saturated rings. The molecule has 0 aromatic heterocycles. The van der Waals surface area contributed by atoms with E-state index < -0.39 is 0 Å². The Kier molecular flexibility index (Phi) is 5.33. The van der Waals surface area contributed by atoms with Crippen LogP contribution < -0.4 is 0 Å². The summed E-state index contributed by atoms with van der Waals surface area (Å²) < 4.78 is 0. The number of rotatable bonds is 6. The molecule has 0 aliphatic rings. The maximum atomic E-state index is 9.48. The van der Waals surface area contributed by atoms with Gasteiger partial charge in [0.15, 0.2) is 0 Å². The van der Waals surface area contributed by atoms with Crippen LogP contribution in [0, 0.1) is 5.92 Å². The highest BCUT2D eigenvalue weighted by molar-refractivity contribution is 5.38. The molecule has 0 saturated heterocycles. The lowest BCUT2D eigenvalue weighted by Gasteiger charge is -2.20. The highest BCUT2D eigenvalue weighted by Gasteiger charge is 2.15. The third kappa shape index (κ3) is 4.29. The fourth-order valence-corrected chi connectivity index (χ4v) is 2.18. The molecule has 0 bridgehead atoms. The van der Waals surface area contributed by atoms with Crippen molar-refractivity contribution in [2.75, 3.05) is 0 Å². The van der Waals surface area contributed by atoms with Crippen LogP contribution >= 0.6 is 0 Å². The molecular formula is C15H24O2. The predicted molar refractivity (Wildman–Crippen MR) is 71.5 cm³/mol. The van der Waals surface area contributed by atoms with E-state index in [0.29, 0.717) is 11.8 Å². The van der Waals surface area contributed by atoms with Gasteiger partial charge in [-0.15, -0.1) is 0 Å². The van der Waals surface area contributed by atoms with Crippen LogP contribution in [0.15, 0.2) is 18.2 Å². The smallest absolute Gasteiger partial charge is 0.119 e. The standard InChI is InChI=1S/C15H24O2/c1-4-5-6-7-11(2)12(3)13-8-14(16)10-15(17)9-13/h8-12,16-17H,4-7H2,1-3H3/t11-,12-/m0/s1. The molecule has 1 rings (SSSR count). The van der Waals surface area contributed by atoms with Gasteiger partial charge in [-0.1, -0.05) is 46.5 Å². The summed E-state index contributed by atoms with van der Waals surface area (Å²) >= 11 is 0. The second-order valence-corrected chi connectivity index (χ2v) is 5.04. The minimum absolute atomic E-state index is 0.146. The van der Waals surface area contributed by atoms with Gasteiger partial charge in [-0.3, -0.25) is 0 Å². The number of phenols is 2. The molecule has 1 aromatic rings. The van der Waals surface area contributed by atoms with Crippen LogP contribution in [0.2, 0.25) is 0 Å². The van der Waals surface area contributed by atoms with Crippen molar-refractivity contribution < 1.29 is 10.2 Å². The van der Waals surface area contributed by atoms with Crippen molar-refractivity contribution in [1.82, 2.24) is 0 Å². The maximum absolute atomic E-state index is 9.48. The molecule has 0 radical (unpaired) electrons. The van der Waals surface area contributed by atoms with Crippen LogP contribution in [0.5, 0.6) is 11.5 Å². The van der Waals surface area contributed by atoms with Gasteiger partial charge in [0.2, 0.25) is 0 Å². The molecule has 17 heavy (non-hydrogen) atoms. The Morgan fingerprint density at radius 1 is 1.00 bits per heavy atom. The summed E-state index contributed by atoms with van der Waals surface area (Å²) in [7, 11) is 0. The van der Waals surface area contributed by atoms with Gasteiger partial charge in [0.05, 0.1) is 0 Å². The van der Waals surface area contributed by atoms with Crippen molar-refractivity contribution in [2.45, 2.75) is 52.4 Å². The predicted octanol–water partition coefficient (Wildman–Crippen LogP) is 4.42. The lowest BCUT2D eigenvalue weighted by molar-refractivity contribution is 0.420. The van der Waals surface area contributed by atoms with E-state index in [2.05, 4.69) is 20.8 Å². The van der Waals surface area contributed by atoms with Crippen LogP contribution in [0.4, 0.5) is 0 Å². The minimum atomic E-state index is 0.146. The summed E-state index contributed by atoms with van der Waals surface area (Å²) in [6, 6.07) is 4.87. The van der Waals surface area contributed by atoms with E-state index in [0.717, 1.165) is 5.56 Å². The highest BCUT2D eigenvalue weighted by Crippen LogP contribution is 2.32. The van der Waals surface area contributed by atoms with E-state index in [9.17, 15) is 10.2 Å². The second-order valence-electron chi connectivity index (χ2n) is 5.04. The number of phenolic OH excluding ortho intramolecular Hbond substituents is 2. The Hall–Kier alpha value is -1.18. The minimum Gasteiger partial charge on any atom is -0.508 e. The Labute approximate surface area is 104 Å². The fourth-order valence-electron chi connectivity index (χ4n) is 2.18. The number of unbranched alkanes of at least 4 members (excludes halogenated alkanes) is 2. The molecule has 0 saturated carbocycles. The molecule has 2 atom stereocenters. The largest absolute Gasteiger partial charge is 0.508 e. The molecule has 0 unspecified atom stereocenters. The maximum Gasteiger partial charge on any atom is 0.119 e. The van der Waals surface area contributed by atoms with Crippen molar-refractivity contribution in [3.63, 3.8) is 0 Å². The molecule has 0 heterocycles. The van der Waals surface area contributed by atoms with E-state index in [-0.39, 0.29) is 11.5 Å². The Morgan fingerprint density at radius 3 is 2.12 bits per heavy atom. The van der Waals surface area contributed by atoms with Crippen molar-refractivity contribution in [1.29, 1.82) is 0 Å². The average Bonchev–Trinajstić information content (AvgIpc) is 2.27. The number of benzene rings is 1. The average molecular weight is 236 g/mol. The number of hydrogen-bond acceptors (Lipinski definition) is 2. The summed E-state index contributed by atoms with van der Waals surface area (Å²) in [5.74, 6) is 1.23. The van der Waals surface area contributed by atoms with Gasteiger partial charge in [-0.2, -0.15) is 0 Å². The first kappa shape index (κ1) is 13.9. The molecule has 96 valence electrons. The first-order valence-corrected chi connectivity index (χ1v) is 6.57. The van der Waals surface area contributed by atoms with Gasteiger partial charge < -0.3 is 10.2 Å². The van der Waals surface area contributed by atoms with Crippen molar-refractivity contribution in [3.8, 4) is 11.5 Å². The quantitative estimate of drug-likeness (QED) is 0.718. The van der Waals surface area contributed by atoms with Crippen LogP contribution in [-0.2, 0) is 0 Å². The van der Waals surface area contributed by atoms with Crippen molar-refractivity contribution in [3.05, 3.63) is 23.8 Å². The van der Waals surface area contributed by atoms with E-state index >= 15 is 0 Å². The van der Waals surface area contributed by atoms with Crippen LogP contribution in [0.3, 0.4) is 0 Å². The van der Waals surface area contributed by atoms with Crippen LogP contribution in [0.1, 0.15) is 57.9 Å². The second kappa shape index (κ2) is 6.53. The Morgan fingerprint density at radius 2 is 1.59 bits per heavy atom. The van der Waals surface area contributed by atoms with E-state index in [1.165, 1.54) is 31.7 Å². The van der Waals surface area contributed by atoms with Gasteiger partial charge in [0.1, 0.15) is 11.5 Å². The van der Waals surface area contributed by atoms with Gasteiger partial charge in [-0.25, -0.2) is 0 Å². The van der Waals surface area contributed by atoms with Gasteiger partial charge in [0, 0.05) is 6.07 Å². The lowest BCUT2D eigenvalue weighted by atomic mass is 9.85. The van der Waals surface area contributed by atoms with Crippen LogP contribution in [0.25, 0.3) is 0 Å². The van der Waals surface area contributed by atoms with E-state index in [4.69, 9.17) is 0 Å². The third-order valence-corrected chi connectivity index (χ3v) is 3.57. The monoisotopic (exact) mass is 236 g/mol. The molecule has 1 aromatic carbocycles. The molecule has 0 aliphatic heterocycles. The summed E-state index contributed by atoms with van der Waals surface area (Å²) in [6.45, 7) is 6.60. The lowest BCUT2D eigenvalue weighted by Crippen LogP contribution is -2.06. The molecular weight excluding hydrogens is 212 g/mol. The Balaban J connectivity index is 2.64. The van der Waals surface area contributed by atoms with E-state index in [1.807, 2.05) is 0 Å². The topological polar surface area (TPSA) is 40.5 Å². The first-order chi connectivity index (χ1) is 8.04. The zero-order chi connectivity index (χ0) is 12.8. The first-order valence-electron chi connectivity index (χ1n) is 6.57. The van der Waals surface area contributed by atoms with Gasteiger partial charge >= 0.3 is 0 Å². The molecule has 0 aliphatic carbocycles. The molecule has 2 N–H and O–H groups in total. The van der Waals surface area contributed by atoms with Crippen molar-refractivity contribution >= 4 is 0 Å². The SMILES string of the molecule is CCCCC[C@H](C)[C@H](C)c1cc(O)cc(O)c1. The molecule has 2 nitrogen and oxygen atoms in total. The van der Waals surface area contributed by atoms with E-state index in [1.54, 1.807) is 12.1 Å². The normalized spacial score (nSPS) is 14.5. The van der Waals surface area contributed by atoms with Crippen LogP contribution in [-0.4, -0.2) is 10.2 Å². The number of aromatic hydroxyl groups is 2. The third-order valence-electron chi connectivity index (χ3n) is 3.57. The zero-order valence-electron chi connectivity index (χ0n) is 11.1. The highest BCUT2D eigenvalue weighted by atomic mass is 16.3. The Bertz CT molecular complexity index is 327. The van der Waals surface area contributed by atoms with Gasteiger partial charge in [-0.05, 0) is 29.5 Å². The summed E-state index contributed by atoms with van der Waals surface area (Å²) in [4.78, 5) is 0. The van der Waals surface area contributed by atoms with Crippen molar-refractivity contribution in [2.24, 2.45) is 5.92 Å². The number of hydrogen-bond donors (Lipinski definition) is 2. The summed E-state index contributed by atoms with van der Waals surface area (Å²) in [6.07, 6.45) is 4.98.